The summed E-state index contributed by atoms with van der Waals surface area (Å²) in [5, 5.41) is 0. The van der Waals surface area contributed by atoms with Crippen molar-refractivity contribution in [2.75, 3.05) is 11.5 Å². The maximum atomic E-state index is 2.29. The van der Waals surface area contributed by atoms with E-state index in [1.807, 2.05) is 70.6 Å². The summed E-state index contributed by atoms with van der Waals surface area (Å²) in [5.41, 5.74) is 5.37. The molecular weight excluding hydrogens is 493 g/mol. The van der Waals surface area contributed by atoms with Crippen molar-refractivity contribution in [2.45, 2.75) is 20.3 Å². The largest absolute Gasteiger partial charge is 0.118 e. The second-order valence-corrected chi connectivity index (χ2v) is 14.9. The highest BCUT2D eigenvalue weighted by Crippen LogP contribution is 2.62. The molecule has 4 bridgehead atoms. The molecule has 0 spiro atoms. The Bertz CT molecular complexity index is 1020. The highest BCUT2D eigenvalue weighted by molar-refractivity contribution is 8.36. The van der Waals surface area contributed by atoms with E-state index in [1.54, 1.807) is 0 Å². The molecule has 3 aliphatic heterocycles. The third-order valence-electron chi connectivity index (χ3n) is 4.98. The zero-order valence-electron chi connectivity index (χ0n) is 17.3. The summed E-state index contributed by atoms with van der Waals surface area (Å²) < 4.78 is 5.79. The zero-order valence-corrected chi connectivity index (χ0v) is 22.2. The fourth-order valence-corrected chi connectivity index (χ4v) is 12.2. The van der Waals surface area contributed by atoms with E-state index in [0.29, 0.717) is 0 Å². The van der Waals surface area contributed by atoms with Crippen LogP contribution in [0.25, 0.3) is 11.1 Å². The summed E-state index contributed by atoms with van der Waals surface area (Å²) in [7, 11) is 0. The lowest BCUT2D eigenvalue weighted by atomic mass is 9.95. The molecule has 2 aromatic carbocycles. The van der Waals surface area contributed by atoms with Gasteiger partial charge in [-0.2, -0.15) is 0 Å². The highest BCUT2D eigenvalue weighted by Gasteiger charge is 2.30. The van der Waals surface area contributed by atoms with Crippen LogP contribution in [0.1, 0.15) is 31.4 Å². The van der Waals surface area contributed by atoms with Crippen LogP contribution in [0.2, 0.25) is 0 Å². The Morgan fingerprint density at radius 2 is 0.935 bits per heavy atom. The minimum Gasteiger partial charge on any atom is -0.118 e. The van der Waals surface area contributed by atoms with Gasteiger partial charge in [-0.05, 0) is 42.9 Å². The molecule has 5 rings (SSSR count). The zero-order chi connectivity index (χ0) is 21.2. The van der Waals surface area contributed by atoms with E-state index in [9.17, 15) is 0 Å². The van der Waals surface area contributed by atoms with Crippen molar-refractivity contribution < 1.29 is 0 Å². The fraction of sp³-hybridized carbons (Fsp3) is 0.200. The smallest absolute Gasteiger partial charge is 0.0586 e. The van der Waals surface area contributed by atoms with Gasteiger partial charge in [-0.25, -0.2) is 0 Å². The third-order valence-corrected chi connectivity index (χ3v) is 13.4. The van der Waals surface area contributed by atoms with Crippen molar-refractivity contribution in [3.05, 3.63) is 98.5 Å². The van der Waals surface area contributed by atoms with Crippen molar-refractivity contribution in [3.8, 4) is 0 Å². The van der Waals surface area contributed by atoms with Gasteiger partial charge < -0.3 is 0 Å². The molecule has 0 N–H and O–H groups in total. The average Bonchev–Trinajstić information content (AvgIpc) is 3.34. The molecule has 3 heterocycles. The van der Waals surface area contributed by atoms with Crippen LogP contribution in [0.3, 0.4) is 0 Å². The molecule has 6 heteroatoms. The van der Waals surface area contributed by atoms with E-state index in [-0.39, 0.29) is 0 Å². The molecule has 0 saturated carbocycles. The molecule has 0 radical (unpaired) electrons. The van der Waals surface area contributed by atoms with Gasteiger partial charge in [-0.15, -0.1) is 23.5 Å². The van der Waals surface area contributed by atoms with Crippen molar-refractivity contribution in [3.63, 3.8) is 0 Å². The monoisotopic (exact) mass is 514 g/mol. The van der Waals surface area contributed by atoms with Crippen LogP contribution in [0, 0.1) is 0 Å². The molecule has 158 valence electrons. The lowest BCUT2D eigenvalue weighted by molar-refractivity contribution is 1.13. The first-order valence-electron chi connectivity index (χ1n) is 10.2. The van der Waals surface area contributed by atoms with Crippen molar-refractivity contribution >= 4 is 81.7 Å². The summed E-state index contributed by atoms with van der Waals surface area (Å²) in [5.74, 6) is 2.38. The molecule has 0 nitrogen and oxygen atoms in total. The van der Waals surface area contributed by atoms with Gasteiger partial charge in [0.05, 0.1) is 16.9 Å². The first-order chi connectivity index (χ1) is 15.2. The second kappa shape index (κ2) is 10.2. The number of allylic oxidation sites excluding steroid dienone is 4. The number of thioether (sulfide) groups is 6. The Kier molecular flexibility index (Phi) is 7.33. The summed E-state index contributed by atoms with van der Waals surface area (Å²) >= 11 is 12.0. The SMILES string of the molecule is CC1=C2SCCCSC3=C(C)S/C(=C(c4ccccc4)/C(c4ccccc4)=C(/S1)S2)S3. The molecule has 0 aromatic heterocycles. The molecule has 2 aromatic rings. The van der Waals surface area contributed by atoms with Gasteiger partial charge in [0.1, 0.15) is 0 Å². The Morgan fingerprint density at radius 1 is 0.516 bits per heavy atom. The minimum absolute atomic E-state index is 1.19. The van der Waals surface area contributed by atoms with E-state index >= 15 is 0 Å². The van der Waals surface area contributed by atoms with Crippen molar-refractivity contribution in [1.82, 2.24) is 0 Å². The Hall–Kier alpha value is -0.500. The van der Waals surface area contributed by atoms with Gasteiger partial charge >= 0.3 is 0 Å². The summed E-state index contributed by atoms with van der Waals surface area (Å²) in [6.45, 7) is 4.57. The number of hydrogen-bond donors (Lipinski definition) is 0. The van der Waals surface area contributed by atoms with E-state index in [0.717, 1.165) is 0 Å². The van der Waals surface area contributed by atoms with Gasteiger partial charge in [-0.3, -0.25) is 0 Å². The predicted molar refractivity (Wildman–Crippen MR) is 152 cm³/mol. The van der Waals surface area contributed by atoms with Crippen molar-refractivity contribution in [1.29, 1.82) is 0 Å². The number of fused-ring (bicyclic) bond motifs is 4. The van der Waals surface area contributed by atoms with Crippen LogP contribution < -0.4 is 0 Å². The predicted octanol–water partition coefficient (Wildman–Crippen LogP) is 9.93. The average molecular weight is 515 g/mol. The summed E-state index contributed by atoms with van der Waals surface area (Å²) in [6, 6.07) is 22.0. The lowest BCUT2D eigenvalue weighted by Crippen LogP contribution is -1.94. The van der Waals surface area contributed by atoms with E-state index < -0.39 is 0 Å². The maximum Gasteiger partial charge on any atom is 0.0586 e. The molecule has 3 aliphatic rings. The molecular formula is C25H22S6. The third kappa shape index (κ3) is 4.90. The standard InChI is InChI=1S/C25H22S6/c1-16-22-26-14-9-15-27-23-17(2)29-25(31-23)21(19-12-7-4-8-13-19)20(24(28-16)30-22)18-10-5-3-6-11-18/h3-8,10-13H,9,14-15H2,1-2H3/b24-20-,25-21-. The van der Waals surface area contributed by atoms with Gasteiger partial charge in [0, 0.05) is 21.0 Å². The van der Waals surface area contributed by atoms with Crippen LogP contribution >= 0.6 is 70.6 Å². The van der Waals surface area contributed by atoms with Crippen LogP contribution in [0.4, 0.5) is 0 Å². The normalized spacial score (nSPS) is 24.8. The maximum absolute atomic E-state index is 2.29. The van der Waals surface area contributed by atoms with Crippen LogP contribution in [-0.2, 0) is 0 Å². The van der Waals surface area contributed by atoms with Gasteiger partial charge in [0.2, 0.25) is 0 Å². The summed E-state index contributed by atoms with van der Waals surface area (Å²) in [4.78, 5) is 2.89. The van der Waals surface area contributed by atoms with E-state index in [2.05, 4.69) is 74.5 Å². The van der Waals surface area contributed by atoms with Crippen LogP contribution in [-0.4, -0.2) is 11.5 Å². The van der Waals surface area contributed by atoms with Gasteiger partial charge in [-0.1, -0.05) is 108 Å². The van der Waals surface area contributed by atoms with Crippen LogP contribution in [0.15, 0.2) is 87.4 Å². The van der Waals surface area contributed by atoms with E-state index in [1.165, 1.54) is 67.0 Å². The Balaban J connectivity index is 1.75. The first kappa shape index (κ1) is 22.3. The van der Waals surface area contributed by atoms with Crippen molar-refractivity contribution in [2.24, 2.45) is 0 Å². The number of rotatable bonds is 2. The van der Waals surface area contributed by atoms with Gasteiger partial charge in [0.15, 0.2) is 0 Å². The topological polar surface area (TPSA) is 0 Å². The molecule has 0 aliphatic carbocycles. The minimum atomic E-state index is 1.19. The van der Waals surface area contributed by atoms with Crippen LogP contribution in [0.5, 0.6) is 0 Å². The van der Waals surface area contributed by atoms with Gasteiger partial charge in [0.25, 0.3) is 0 Å². The quantitative estimate of drug-likeness (QED) is 0.388. The Labute approximate surface area is 210 Å². The second-order valence-electron chi connectivity index (χ2n) is 7.20. The molecule has 0 atom stereocenters. The molecule has 0 fully saturated rings. The molecule has 0 saturated heterocycles. The Morgan fingerprint density at radius 3 is 1.35 bits per heavy atom. The molecule has 0 amide bonds. The lowest BCUT2D eigenvalue weighted by Gasteiger charge is -2.18. The fourth-order valence-electron chi connectivity index (χ4n) is 3.51. The number of benzene rings is 2. The highest BCUT2D eigenvalue weighted by atomic mass is 32.2. The first-order valence-corrected chi connectivity index (χ1v) is 15.4. The molecule has 0 unspecified atom stereocenters. The van der Waals surface area contributed by atoms with E-state index in [4.69, 9.17) is 0 Å². The number of hydrogen-bond acceptors (Lipinski definition) is 6. The molecule has 31 heavy (non-hydrogen) atoms. The summed E-state index contributed by atoms with van der Waals surface area (Å²) in [6.07, 6.45) is 1.24.